The van der Waals surface area contributed by atoms with Gasteiger partial charge in [-0.05, 0) is 50.6 Å². The summed E-state index contributed by atoms with van der Waals surface area (Å²) in [5.74, 6) is 0.253. The second-order valence-corrected chi connectivity index (χ2v) is 8.69. The summed E-state index contributed by atoms with van der Waals surface area (Å²) in [6.07, 6.45) is 5.19. The molecule has 2 aromatic rings. The number of piperazine rings is 1. The molecule has 2 unspecified atom stereocenters. The van der Waals surface area contributed by atoms with Crippen molar-refractivity contribution in [1.82, 2.24) is 20.2 Å². The SMILES string of the molecule is CCN1CCN(c2ccc(F)cc2C(C)NC(=O)C2CCCN(c3ncccn3)C2)CC1. The summed E-state index contributed by atoms with van der Waals surface area (Å²) in [6, 6.07) is 6.44. The van der Waals surface area contributed by atoms with Crippen LogP contribution in [0.15, 0.2) is 36.7 Å². The maximum absolute atomic E-state index is 14.2. The number of aromatic nitrogens is 2. The molecule has 4 rings (SSSR count). The van der Waals surface area contributed by atoms with Gasteiger partial charge in [-0.1, -0.05) is 6.92 Å². The Labute approximate surface area is 189 Å². The third-order valence-corrected chi connectivity index (χ3v) is 6.60. The molecular formula is C24H33FN6O. The average Bonchev–Trinajstić information content (AvgIpc) is 2.84. The van der Waals surface area contributed by atoms with E-state index in [9.17, 15) is 9.18 Å². The highest BCUT2D eigenvalue weighted by atomic mass is 19.1. The van der Waals surface area contributed by atoms with E-state index in [0.717, 1.165) is 63.4 Å². The van der Waals surface area contributed by atoms with Crippen LogP contribution in [0.4, 0.5) is 16.0 Å². The van der Waals surface area contributed by atoms with Crippen LogP contribution in [0.25, 0.3) is 0 Å². The van der Waals surface area contributed by atoms with Crippen LogP contribution >= 0.6 is 0 Å². The molecule has 0 saturated carbocycles. The van der Waals surface area contributed by atoms with Crippen molar-refractivity contribution in [3.8, 4) is 0 Å². The number of likely N-dealkylation sites (N-methyl/N-ethyl adjacent to an activating group) is 1. The zero-order valence-corrected chi connectivity index (χ0v) is 19.0. The molecule has 0 radical (unpaired) electrons. The van der Waals surface area contributed by atoms with Crippen molar-refractivity contribution in [2.75, 3.05) is 55.6 Å². The van der Waals surface area contributed by atoms with Gasteiger partial charge in [0.25, 0.3) is 0 Å². The fourth-order valence-electron chi connectivity index (χ4n) is 4.70. The standard InChI is InChI=1S/C24H33FN6O/c1-3-29-12-14-30(15-13-29)22-8-7-20(25)16-21(22)18(2)28-23(32)19-6-4-11-31(17-19)24-26-9-5-10-27-24/h5,7-10,16,18-19H,3-4,6,11-15,17H2,1-2H3,(H,28,32). The molecule has 32 heavy (non-hydrogen) atoms. The molecule has 0 spiro atoms. The van der Waals surface area contributed by atoms with Crippen LogP contribution < -0.4 is 15.1 Å². The quantitative estimate of drug-likeness (QED) is 0.745. The van der Waals surface area contributed by atoms with Crippen LogP contribution in [0.1, 0.15) is 38.3 Å². The second kappa shape index (κ2) is 10.3. The van der Waals surface area contributed by atoms with Crippen LogP contribution in [0, 0.1) is 11.7 Å². The summed E-state index contributed by atoms with van der Waals surface area (Å²) in [6.45, 7) is 10.4. The van der Waals surface area contributed by atoms with Crippen molar-refractivity contribution in [2.24, 2.45) is 5.92 Å². The lowest BCUT2D eigenvalue weighted by Crippen LogP contribution is -2.47. The first-order valence-electron chi connectivity index (χ1n) is 11.6. The molecule has 2 atom stereocenters. The Hall–Kier alpha value is -2.74. The molecule has 1 aromatic heterocycles. The van der Waals surface area contributed by atoms with E-state index in [2.05, 4.69) is 36.9 Å². The number of rotatable bonds is 6. The zero-order valence-electron chi connectivity index (χ0n) is 19.0. The van der Waals surface area contributed by atoms with E-state index in [-0.39, 0.29) is 23.7 Å². The largest absolute Gasteiger partial charge is 0.369 e. The van der Waals surface area contributed by atoms with E-state index in [4.69, 9.17) is 0 Å². The van der Waals surface area contributed by atoms with Gasteiger partial charge in [0.1, 0.15) is 5.82 Å². The van der Waals surface area contributed by atoms with Gasteiger partial charge in [0.2, 0.25) is 11.9 Å². The molecule has 7 nitrogen and oxygen atoms in total. The van der Waals surface area contributed by atoms with Gasteiger partial charge in [0.15, 0.2) is 0 Å². The predicted molar refractivity (Wildman–Crippen MR) is 124 cm³/mol. The first-order valence-corrected chi connectivity index (χ1v) is 11.6. The van der Waals surface area contributed by atoms with Gasteiger partial charge in [-0.25, -0.2) is 14.4 Å². The van der Waals surface area contributed by atoms with Crippen molar-refractivity contribution in [3.05, 3.63) is 48.0 Å². The first-order chi connectivity index (χ1) is 15.5. The lowest BCUT2D eigenvalue weighted by atomic mass is 9.96. The lowest BCUT2D eigenvalue weighted by Gasteiger charge is -2.37. The average molecular weight is 441 g/mol. The fourth-order valence-corrected chi connectivity index (χ4v) is 4.70. The number of anilines is 2. The summed E-state index contributed by atoms with van der Waals surface area (Å²) in [4.78, 5) is 28.5. The van der Waals surface area contributed by atoms with Crippen molar-refractivity contribution >= 4 is 17.5 Å². The second-order valence-electron chi connectivity index (χ2n) is 8.69. The zero-order chi connectivity index (χ0) is 22.5. The molecular weight excluding hydrogens is 407 g/mol. The van der Waals surface area contributed by atoms with Gasteiger partial charge < -0.3 is 20.0 Å². The number of halogens is 1. The number of nitrogens with zero attached hydrogens (tertiary/aromatic N) is 5. The third-order valence-electron chi connectivity index (χ3n) is 6.60. The van der Waals surface area contributed by atoms with E-state index < -0.39 is 0 Å². The topological polar surface area (TPSA) is 64.6 Å². The van der Waals surface area contributed by atoms with Gasteiger partial charge in [0, 0.05) is 62.9 Å². The number of piperidine rings is 1. The van der Waals surface area contributed by atoms with E-state index in [0.29, 0.717) is 12.5 Å². The highest BCUT2D eigenvalue weighted by molar-refractivity contribution is 5.80. The summed E-state index contributed by atoms with van der Waals surface area (Å²) in [5, 5.41) is 3.15. The number of nitrogens with one attached hydrogen (secondary N) is 1. The van der Waals surface area contributed by atoms with Crippen LogP contribution in [-0.2, 0) is 4.79 Å². The Kier molecular flexibility index (Phi) is 7.19. The molecule has 2 aliphatic heterocycles. The van der Waals surface area contributed by atoms with Crippen molar-refractivity contribution in [1.29, 1.82) is 0 Å². The Morgan fingerprint density at radius 1 is 1.16 bits per heavy atom. The highest BCUT2D eigenvalue weighted by Gasteiger charge is 2.29. The van der Waals surface area contributed by atoms with E-state index >= 15 is 0 Å². The Bertz CT molecular complexity index is 903. The fraction of sp³-hybridized carbons (Fsp3) is 0.542. The normalized spacial score (nSPS) is 20.8. The van der Waals surface area contributed by atoms with Crippen molar-refractivity contribution in [3.63, 3.8) is 0 Å². The Morgan fingerprint density at radius 2 is 1.91 bits per heavy atom. The van der Waals surface area contributed by atoms with Crippen LogP contribution in [0.5, 0.6) is 0 Å². The van der Waals surface area contributed by atoms with Crippen LogP contribution in [0.3, 0.4) is 0 Å². The molecule has 172 valence electrons. The minimum absolute atomic E-state index is 0.00384. The van der Waals surface area contributed by atoms with Gasteiger partial charge in [-0.15, -0.1) is 0 Å². The summed E-state index contributed by atoms with van der Waals surface area (Å²) in [7, 11) is 0. The smallest absolute Gasteiger partial charge is 0.225 e. The van der Waals surface area contributed by atoms with Crippen molar-refractivity contribution < 1.29 is 9.18 Å². The van der Waals surface area contributed by atoms with Gasteiger partial charge in [-0.2, -0.15) is 0 Å². The summed E-state index contributed by atoms with van der Waals surface area (Å²) in [5.41, 5.74) is 1.85. The van der Waals surface area contributed by atoms with E-state index in [1.807, 2.05) is 13.0 Å². The molecule has 8 heteroatoms. The molecule has 0 bridgehead atoms. The number of hydrogen-bond acceptors (Lipinski definition) is 6. The predicted octanol–water partition coefficient (Wildman–Crippen LogP) is 2.85. The molecule has 2 aliphatic rings. The first kappa shape index (κ1) is 22.5. The lowest BCUT2D eigenvalue weighted by molar-refractivity contribution is -0.125. The monoisotopic (exact) mass is 440 g/mol. The molecule has 1 amide bonds. The summed E-state index contributed by atoms with van der Waals surface area (Å²) >= 11 is 0. The number of benzene rings is 1. The molecule has 2 fully saturated rings. The summed E-state index contributed by atoms with van der Waals surface area (Å²) < 4.78 is 14.2. The number of carbonyl (C=O) groups is 1. The molecule has 2 saturated heterocycles. The minimum Gasteiger partial charge on any atom is -0.369 e. The number of hydrogen-bond donors (Lipinski definition) is 1. The third kappa shape index (κ3) is 5.18. The molecule has 3 heterocycles. The number of carbonyl (C=O) groups excluding carboxylic acids is 1. The van der Waals surface area contributed by atoms with E-state index in [1.54, 1.807) is 24.5 Å². The molecule has 1 aromatic carbocycles. The van der Waals surface area contributed by atoms with Gasteiger partial charge in [0.05, 0.1) is 12.0 Å². The Morgan fingerprint density at radius 3 is 2.62 bits per heavy atom. The van der Waals surface area contributed by atoms with Gasteiger partial charge in [-0.3, -0.25) is 4.79 Å². The Balaban J connectivity index is 1.43. The van der Waals surface area contributed by atoms with Crippen LogP contribution in [0.2, 0.25) is 0 Å². The van der Waals surface area contributed by atoms with Crippen LogP contribution in [-0.4, -0.2) is 66.6 Å². The number of amides is 1. The van der Waals surface area contributed by atoms with E-state index in [1.165, 1.54) is 6.07 Å². The minimum atomic E-state index is -0.277. The molecule has 0 aliphatic carbocycles. The highest BCUT2D eigenvalue weighted by Crippen LogP contribution is 2.29. The molecule has 1 N–H and O–H groups in total. The van der Waals surface area contributed by atoms with Gasteiger partial charge >= 0.3 is 0 Å². The maximum atomic E-state index is 14.2. The van der Waals surface area contributed by atoms with Crippen molar-refractivity contribution in [2.45, 2.75) is 32.7 Å². The maximum Gasteiger partial charge on any atom is 0.225 e.